The highest BCUT2D eigenvalue weighted by atomic mass is 79.9. The van der Waals surface area contributed by atoms with Crippen LogP contribution >= 0.6 is 34.4 Å². The fourth-order valence-electron chi connectivity index (χ4n) is 1.31. The summed E-state index contributed by atoms with van der Waals surface area (Å²) in [4.78, 5) is 0. The van der Waals surface area contributed by atoms with Crippen molar-refractivity contribution >= 4 is 45.1 Å². The molecule has 0 fully saturated rings. The molecule has 0 heterocycles. The van der Waals surface area contributed by atoms with Gasteiger partial charge in [-0.05, 0) is 11.4 Å². The Bertz CT molecular complexity index is 444. The van der Waals surface area contributed by atoms with Gasteiger partial charge in [-0.25, -0.2) is 0 Å². The maximum absolute atomic E-state index is 6.47. The summed E-state index contributed by atoms with van der Waals surface area (Å²) in [7, 11) is -0.766. The zero-order valence-corrected chi connectivity index (χ0v) is 11.1. The fraction of sp³-hybridized carbons (Fsp3) is 0. The average Bonchev–Trinajstić information content (AvgIpc) is 2.30. The predicted molar refractivity (Wildman–Crippen MR) is 72.6 cm³/mol. The standard InChI is InChI=1S/C12H9BrClP/c13-11-8-4-5-9-12(11)15(14)10-6-2-1-3-7-10/h1-9H. The summed E-state index contributed by atoms with van der Waals surface area (Å²) in [6.45, 7) is 0. The van der Waals surface area contributed by atoms with Crippen LogP contribution in [0.5, 0.6) is 0 Å². The number of rotatable bonds is 2. The Hall–Kier alpha value is -0.360. The maximum atomic E-state index is 6.47. The van der Waals surface area contributed by atoms with E-state index in [0.717, 1.165) is 4.47 Å². The van der Waals surface area contributed by atoms with E-state index in [0.29, 0.717) is 0 Å². The van der Waals surface area contributed by atoms with E-state index < -0.39 is 7.27 Å². The molecule has 0 N–H and O–H groups in total. The molecule has 0 aliphatic carbocycles. The highest BCUT2D eigenvalue weighted by molar-refractivity contribution is 9.10. The minimum Gasteiger partial charge on any atom is -0.0858 e. The molecule has 0 aliphatic heterocycles. The highest BCUT2D eigenvalue weighted by Gasteiger charge is 2.12. The summed E-state index contributed by atoms with van der Waals surface area (Å²) in [6, 6.07) is 18.3. The summed E-state index contributed by atoms with van der Waals surface area (Å²) in [6.07, 6.45) is 0. The molecule has 0 radical (unpaired) electrons. The van der Waals surface area contributed by atoms with E-state index >= 15 is 0 Å². The van der Waals surface area contributed by atoms with E-state index in [-0.39, 0.29) is 0 Å². The Kier molecular flexibility index (Phi) is 3.80. The summed E-state index contributed by atoms with van der Waals surface area (Å²) < 4.78 is 1.08. The Morgan fingerprint density at radius 1 is 0.867 bits per heavy atom. The first kappa shape index (κ1) is 11.1. The molecular formula is C12H9BrClP. The lowest BCUT2D eigenvalue weighted by atomic mass is 10.4. The van der Waals surface area contributed by atoms with Gasteiger partial charge in [0.25, 0.3) is 0 Å². The molecule has 0 aromatic heterocycles. The van der Waals surface area contributed by atoms with Crippen molar-refractivity contribution in [2.24, 2.45) is 0 Å². The van der Waals surface area contributed by atoms with Crippen LogP contribution < -0.4 is 10.6 Å². The van der Waals surface area contributed by atoms with Crippen molar-refractivity contribution in [2.75, 3.05) is 0 Å². The minimum absolute atomic E-state index is 0.766. The second kappa shape index (κ2) is 5.12. The summed E-state index contributed by atoms with van der Waals surface area (Å²) in [5.74, 6) is 0. The molecular weight excluding hydrogens is 290 g/mol. The van der Waals surface area contributed by atoms with E-state index in [9.17, 15) is 0 Å². The van der Waals surface area contributed by atoms with Crippen molar-refractivity contribution < 1.29 is 0 Å². The largest absolute Gasteiger partial charge is 0.0858 e. The van der Waals surface area contributed by atoms with Gasteiger partial charge >= 0.3 is 0 Å². The molecule has 2 rings (SSSR count). The Labute approximate surface area is 104 Å². The first-order valence-electron chi connectivity index (χ1n) is 4.54. The zero-order valence-electron chi connectivity index (χ0n) is 7.90. The van der Waals surface area contributed by atoms with E-state index in [4.69, 9.17) is 11.2 Å². The van der Waals surface area contributed by atoms with Crippen LogP contribution in [0.3, 0.4) is 0 Å². The van der Waals surface area contributed by atoms with Crippen molar-refractivity contribution in [3.05, 3.63) is 59.1 Å². The monoisotopic (exact) mass is 298 g/mol. The molecule has 0 spiro atoms. The molecule has 15 heavy (non-hydrogen) atoms. The third kappa shape index (κ3) is 2.60. The third-order valence-electron chi connectivity index (χ3n) is 2.05. The Morgan fingerprint density at radius 3 is 2.13 bits per heavy atom. The van der Waals surface area contributed by atoms with Crippen LogP contribution in [-0.4, -0.2) is 0 Å². The van der Waals surface area contributed by atoms with Gasteiger partial charge in [-0.1, -0.05) is 75.7 Å². The molecule has 0 saturated carbocycles. The molecule has 0 amide bonds. The Morgan fingerprint density at radius 2 is 1.47 bits per heavy atom. The fourth-order valence-corrected chi connectivity index (χ4v) is 4.40. The minimum atomic E-state index is -0.766. The van der Waals surface area contributed by atoms with Crippen LogP contribution in [-0.2, 0) is 0 Å². The van der Waals surface area contributed by atoms with Gasteiger partial charge in [0, 0.05) is 9.78 Å². The predicted octanol–water partition coefficient (Wildman–Crippen LogP) is 4.04. The van der Waals surface area contributed by atoms with Crippen LogP contribution in [0.2, 0.25) is 0 Å². The number of halogens is 2. The topological polar surface area (TPSA) is 0 Å². The highest BCUT2D eigenvalue weighted by Crippen LogP contribution is 2.40. The Balaban J connectivity index is 2.37. The average molecular weight is 300 g/mol. The van der Waals surface area contributed by atoms with Crippen molar-refractivity contribution in [2.45, 2.75) is 0 Å². The molecule has 0 nitrogen and oxygen atoms in total. The maximum Gasteiger partial charge on any atom is 0.0535 e. The molecule has 76 valence electrons. The van der Waals surface area contributed by atoms with E-state index in [1.807, 2.05) is 36.4 Å². The SMILES string of the molecule is ClP(c1ccccc1)c1ccccc1Br. The third-order valence-corrected chi connectivity index (χ3v) is 5.74. The first-order chi connectivity index (χ1) is 7.29. The van der Waals surface area contributed by atoms with Gasteiger partial charge in [-0.2, -0.15) is 0 Å². The van der Waals surface area contributed by atoms with Gasteiger partial charge in [0.05, 0.1) is 7.27 Å². The van der Waals surface area contributed by atoms with Gasteiger partial charge in [0.2, 0.25) is 0 Å². The number of benzene rings is 2. The van der Waals surface area contributed by atoms with Gasteiger partial charge in [0.15, 0.2) is 0 Å². The van der Waals surface area contributed by atoms with Gasteiger partial charge in [-0.3, -0.25) is 0 Å². The lowest BCUT2D eigenvalue weighted by molar-refractivity contribution is 1.71. The van der Waals surface area contributed by atoms with Crippen molar-refractivity contribution in [3.63, 3.8) is 0 Å². The van der Waals surface area contributed by atoms with Crippen LogP contribution in [0.4, 0.5) is 0 Å². The molecule has 3 heteroatoms. The van der Waals surface area contributed by atoms with E-state index in [2.05, 4.69) is 34.1 Å². The first-order valence-corrected chi connectivity index (χ1v) is 7.58. The normalized spacial score (nSPS) is 12.4. The zero-order chi connectivity index (χ0) is 10.7. The molecule has 0 aliphatic rings. The number of hydrogen-bond donors (Lipinski definition) is 0. The summed E-state index contributed by atoms with van der Waals surface area (Å²) in [5, 5.41) is 2.35. The van der Waals surface area contributed by atoms with Crippen molar-refractivity contribution in [3.8, 4) is 0 Å². The van der Waals surface area contributed by atoms with Crippen molar-refractivity contribution in [1.82, 2.24) is 0 Å². The van der Waals surface area contributed by atoms with Crippen molar-refractivity contribution in [1.29, 1.82) is 0 Å². The van der Waals surface area contributed by atoms with Gasteiger partial charge in [-0.15, -0.1) is 0 Å². The molecule has 1 atom stereocenters. The summed E-state index contributed by atoms with van der Waals surface area (Å²) in [5.41, 5.74) is 0. The van der Waals surface area contributed by atoms with Crippen LogP contribution in [0.25, 0.3) is 0 Å². The van der Waals surface area contributed by atoms with Gasteiger partial charge in [0.1, 0.15) is 0 Å². The molecule has 1 unspecified atom stereocenters. The molecule has 2 aromatic carbocycles. The van der Waals surface area contributed by atoms with Crippen LogP contribution in [0.1, 0.15) is 0 Å². The van der Waals surface area contributed by atoms with Crippen LogP contribution in [0.15, 0.2) is 59.1 Å². The lowest BCUT2D eigenvalue weighted by Crippen LogP contribution is -2.08. The quantitative estimate of drug-likeness (QED) is 0.734. The van der Waals surface area contributed by atoms with Gasteiger partial charge < -0.3 is 0 Å². The molecule has 2 aromatic rings. The van der Waals surface area contributed by atoms with E-state index in [1.54, 1.807) is 0 Å². The van der Waals surface area contributed by atoms with Crippen LogP contribution in [0, 0.1) is 0 Å². The molecule has 0 saturated heterocycles. The second-order valence-electron chi connectivity index (χ2n) is 3.07. The summed E-state index contributed by atoms with van der Waals surface area (Å²) >= 11 is 10.00. The lowest BCUT2D eigenvalue weighted by Gasteiger charge is -2.11. The smallest absolute Gasteiger partial charge is 0.0535 e. The van der Waals surface area contributed by atoms with E-state index in [1.165, 1.54) is 10.6 Å². The number of hydrogen-bond acceptors (Lipinski definition) is 0. The molecule has 0 bridgehead atoms. The second-order valence-corrected chi connectivity index (χ2v) is 6.50.